The fourth-order valence-electron chi connectivity index (χ4n) is 9.44. The summed E-state index contributed by atoms with van der Waals surface area (Å²) in [6.07, 6.45) is 73.0. The molecule has 0 aliphatic heterocycles. The van der Waals surface area contributed by atoms with Gasteiger partial charge >= 0.3 is 5.97 Å². The minimum atomic E-state index is -0.665. The number of unbranched alkanes of at least 4 members (excludes halogenated alkanes) is 40. The molecule has 2 unspecified atom stereocenters. The fraction of sp³-hybridized carbons (Fsp3) is 0.873. The number of carbonyl (C=O) groups excluding carboxylic acids is 2. The number of aliphatic hydroxyl groups is 2. The van der Waals surface area contributed by atoms with E-state index in [0.717, 1.165) is 51.4 Å². The lowest BCUT2D eigenvalue weighted by Gasteiger charge is -2.22. The van der Waals surface area contributed by atoms with E-state index < -0.39 is 12.1 Å². The summed E-state index contributed by atoms with van der Waals surface area (Å²) < 4.78 is 5.47. The van der Waals surface area contributed by atoms with Crippen LogP contribution in [0.5, 0.6) is 0 Å². The number of rotatable bonds is 57. The number of amides is 1. The van der Waals surface area contributed by atoms with Crippen LogP contribution in [0.25, 0.3) is 0 Å². The number of carbonyl (C=O) groups is 2. The third-order valence-electron chi connectivity index (χ3n) is 14.1. The lowest BCUT2D eigenvalue weighted by molar-refractivity contribution is -0.143. The zero-order chi connectivity index (χ0) is 50.0. The van der Waals surface area contributed by atoms with Gasteiger partial charge < -0.3 is 20.3 Å². The van der Waals surface area contributed by atoms with Gasteiger partial charge in [0, 0.05) is 12.8 Å². The Bertz CT molecular complexity index is 1120. The molecule has 0 fully saturated rings. The molecule has 6 heteroatoms. The van der Waals surface area contributed by atoms with Crippen LogP contribution in [0, 0.1) is 0 Å². The molecule has 406 valence electrons. The number of nitrogens with one attached hydrogen (secondary N) is 1. The Labute approximate surface area is 430 Å². The first-order valence-corrected chi connectivity index (χ1v) is 30.7. The van der Waals surface area contributed by atoms with Crippen LogP contribution >= 0.6 is 0 Å². The van der Waals surface area contributed by atoms with E-state index in [1.165, 1.54) is 244 Å². The van der Waals surface area contributed by atoms with Crippen molar-refractivity contribution in [2.24, 2.45) is 0 Å². The average molecular weight is 971 g/mol. The van der Waals surface area contributed by atoms with Crippen molar-refractivity contribution in [3.8, 4) is 0 Å². The van der Waals surface area contributed by atoms with E-state index in [-0.39, 0.29) is 18.5 Å². The van der Waals surface area contributed by atoms with E-state index in [1.54, 1.807) is 0 Å². The van der Waals surface area contributed by atoms with Crippen LogP contribution in [0.3, 0.4) is 0 Å². The van der Waals surface area contributed by atoms with E-state index >= 15 is 0 Å². The molecule has 0 aromatic carbocycles. The average Bonchev–Trinajstić information content (AvgIpc) is 3.35. The van der Waals surface area contributed by atoms with Gasteiger partial charge in [0.1, 0.15) is 0 Å². The minimum absolute atomic E-state index is 0.00118. The molecular formula is C63H119NO5. The number of allylic oxidation sites excluding steroid dienone is 6. The summed E-state index contributed by atoms with van der Waals surface area (Å²) in [4.78, 5) is 24.5. The monoisotopic (exact) mass is 970 g/mol. The van der Waals surface area contributed by atoms with Crippen LogP contribution in [0.2, 0.25) is 0 Å². The lowest BCUT2D eigenvalue weighted by atomic mass is 10.0. The highest BCUT2D eigenvalue weighted by Gasteiger charge is 2.20. The molecule has 0 aromatic rings. The van der Waals surface area contributed by atoms with Crippen LogP contribution in [0.15, 0.2) is 36.5 Å². The zero-order valence-corrected chi connectivity index (χ0v) is 46.3. The zero-order valence-electron chi connectivity index (χ0n) is 46.3. The molecule has 0 bridgehead atoms. The maximum atomic E-state index is 12.5. The van der Waals surface area contributed by atoms with Crippen molar-refractivity contribution in [3.63, 3.8) is 0 Å². The van der Waals surface area contributed by atoms with Crippen molar-refractivity contribution in [1.82, 2.24) is 5.32 Å². The lowest BCUT2D eigenvalue weighted by Crippen LogP contribution is -2.45. The predicted molar refractivity (Wildman–Crippen MR) is 301 cm³/mol. The Morgan fingerprint density at radius 1 is 0.406 bits per heavy atom. The van der Waals surface area contributed by atoms with Gasteiger partial charge in [0.25, 0.3) is 0 Å². The molecule has 0 aliphatic carbocycles. The van der Waals surface area contributed by atoms with Crippen LogP contribution in [-0.2, 0) is 14.3 Å². The Kier molecular flexibility index (Phi) is 57.0. The summed E-state index contributed by atoms with van der Waals surface area (Å²) in [5, 5.41) is 23.2. The normalized spacial score (nSPS) is 12.8. The molecule has 69 heavy (non-hydrogen) atoms. The van der Waals surface area contributed by atoms with Crippen molar-refractivity contribution < 1.29 is 24.5 Å². The van der Waals surface area contributed by atoms with Gasteiger partial charge in [-0.3, -0.25) is 9.59 Å². The summed E-state index contributed by atoms with van der Waals surface area (Å²) >= 11 is 0. The largest absolute Gasteiger partial charge is 0.466 e. The number of aliphatic hydroxyl groups excluding tert-OH is 2. The molecule has 6 nitrogen and oxygen atoms in total. The molecule has 0 aromatic heterocycles. The predicted octanol–water partition coefficient (Wildman–Crippen LogP) is 19.2. The summed E-state index contributed by atoms with van der Waals surface area (Å²) in [6.45, 7) is 4.89. The Morgan fingerprint density at radius 2 is 0.754 bits per heavy atom. The van der Waals surface area contributed by atoms with E-state index in [1.807, 2.05) is 0 Å². The molecule has 0 rings (SSSR count). The topological polar surface area (TPSA) is 95.9 Å². The van der Waals surface area contributed by atoms with Gasteiger partial charge in [-0.2, -0.15) is 0 Å². The van der Waals surface area contributed by atoms with Crippen molar-refractivity contribution in [2.75, 3.05) is 13.2 Å². The van der Waals surface area contributed by atoms with Gasteiger partial charge in [-0.1, -0.05) is 275 Å². The van der Waals surface area contributed by atoms with E-state index in [9.17, 15) is 19.8 Å². The highest BCUT2D eigenvalue weighted by atomic mass is 16.5. The first-order chi connectivity index (χ1) is 34.0. The Hall–Kier alpha value is -1.92. The second kappa shape index (κ2) is 58.6. The van der Waals surface area contributed by atoms with Crippen molar-refractivity contribution in [2.45, 2.75) is 341 Å². The second-order valence-electron chi connectivity index (χ2n) is 21.0. The first-order valence-electron chi connectivity index (χ1n) is 30.7. The molecule has 0 saturated carbocycles. The number of hydrogen-bond donors (Lipinski definition) is 3. The van der Waals surface area contributed by atoms with Gasteiger partial charge in [0.2, 0.25) is 5.91 Å². The number of ether oxygens (including phenoxy) is 1. The summed E-state index contributed by atoms with van der Waals surface area (Å²) in [5.74, 6) is -0.0375. The van der Waals surface area contributed by atoms with Crippen LogP contribution in [0.4, 0.5) is 0 Å². The molecule has 0 aliphatic rings. The standard InChI is InChI=1S/C63H119NO5/c1-3-5-7-9-11-13-15-31-35-39-43-47-51-55-61(66)60(59-65)64-62(67)56-52-48-44-40-36-33-29-27-25-23-21-19-17-18-20-22-24-26-28-30-34-38-42-46-50-54-58-69-63(68)57-53-49-45-41-37-32-16-14-12-10-8-6-4-2/h8,10,14,16-17,19,60-61,65-66H,3-7,9,11-13,15,18,20-59H2,1-2H3,(H,64,67)/b10-8-,16-14-,19-17-. The first kappa shape index (κ1) is 67.1. The van der Waals surface area contributed by atoms with Gasteiger partial charge in [-0.15, -0.1) is 0 Å². The molecule has 1 amide bonds. The fourth-order valence-corrected chi connectivity index (χ4v) is 9.44. The maximum absolute atomic E-state index is 12.5. The van der Waals surface area contributed by atoms with Gasteiger partial charge in [0.15, 0.2) is 0 Å². The van der Waals surface area contributed by atoms with Gasteiger partial charge in [0.05, 0.1) is 25.4 Å². The molecule has 0 spiro atoms. The van der Waals surface area contributed by atoms with E-state index in [4.69, 9.17) is 4.74 Å². The smallest absolute Gasteiger partial charge is 0.305 e. The third-order valence-corrected chi connectivity index (χ3v) is 14.1. The summed E-state index contributed by atoms with van der Waals surface area (Å²) in [5.41, 5.74) is 0. The van der Waals surface area contributed by atoms with E-state index in [2.05, 4.69) is 55.6 Å². The molecule has 2 atom stereocenters. The van der Waals surface area contributed by atoms with Crippen LogP contribution in [0.1, 0.15) is 328 Å². The highest BCUT2D eigenvalue weighted by molar-refractivity contribution is 5.76. The van der Waals surface area contributed by atoms with E-state index in [0.29, 0.717) is 25.9 Å². The Morgan fingerprint density at radius 3 is 1.17 bits per heavy atom. The van der Waals surface area contributed by atoms with Crippen molar-refractivity contribution in [3.05, 3.63) is 36.5 Å². The quantitative estimate of drug-likeness (QED) is 0.0321. The highest BCUT2D eigenvalue weighted by Crippen LogP contribution is 2.17. The summed E-state index contributed by atoms with van der Waals surface area (Å²) in [7, 11) is 0. The van der Waals surface area contributed by atoms with Crippen molar-refractivity contribution in [1.29, 1.82) is 0 Å². The molecule has 0 heterocycles. The van der Waals surface area contributed by atoms with Crippen LogP contribution < -0.4 is 5.32 Å². The van der Waals surface area contributed by atoms with Crippen molar-refractivity contribution >= 4 is 11.9 Å². The number of hydrogen-bond acceptors (Lipinski definition) is 5. The van der Waals surface area contributed by atoms with Gasteiger partial charge in [-0.05, 0) is 77.0 Å². The number of esters is 1. The third kappa shape index (κ3) is 55.2. The molecular weight excluding hydrogens is 851 g/mol. The minimum Gasteiger partial charge on any atom is -0.466 e. The second-order valence-corrected chi connectivity index (χ2v) is 21.0. The maximum Gasteiger partial charge on any atom is 0.305 e. The summed E-state index contributed by atoms with van der Waals surface area (Å²) in [6, 6.07) is -0.542. The molecule has 3 N–H and O–H groups in total. The molecule has 0 radical (unpaired) electrons. The van der Waals surface area contributed by atoms with Crippen LogP contribution in [-0.4, -0.2) is 47.4 Å². The SMILES string of the molecule is CCC/C=C\C/C=C\CCCCCCCC(=O)OCCCCCCCCCCCCCC/C=C\CCCCCCCCCCCCC(=O)NC(CO)C(O)CCCCCCCCCCCCCCC. The van der Waals surface area contributed by atoms with Gasteiger partial charge in [-0.25, -0.2) is 0 Å². The Balaban J connectivity index is 3.39. The molecule has 0 saturated heterocycles.